The van der Waals surface area contributed by atoms with Gasteiger partial charge < -0.3 is 0 Å². The Bertz CT molecular complexity index is 569. The maximum absolute atomic E-state index is 12.1. The Morgan fingerprint density at radius 3 is 2.59 bits per heavy atom. The van der Waals surface area contributed by atoms with Crippen LogP contribution in [0.3, 0.4) is 0 Å². The van der Waals surface area contributed by atoms with E-state index < -0.39 is 0 Å². The van der Waals surface area contributed by atoms with Crippen molar-refractivity contribution in [2.45, 2.75) is 0 Å². The molecule has 2 aromatic rings. The molecule has 0 N–H and O–H groups in total. The number of aromatic nitrogens is 1. The maximum Gasteiger partial charge on any atom is 0.212 e. The molecular formula is C12H6BrCl2NO. The summed E-state index contributed by atoms with van der Waals surface area (Å²) in [5, 5.41) is 0.610. The fraction of sp³-hybridized carbons (Fsp3) is 0. The molecule has 0 aliphatic heterocycles. The van der Waals surface area contributed by atoms with Gasteiger partial charge in [-0.1, -0.05) is 29.3 Å². The number of rotatable bonds is 2. The van der Waals surface area contributed by atoms with Gasteiger partial charge in [-0.25, -0.2) is 0 Å². The van der Waals surface area contributed by atoms with Crippen molar-refractivity contribution in [2.75, 3.05) is 0 Å². The Balaban J connectivity index is 2.44. The van der Waals surface area contributed by atoms with Crippen molar-refractivity contribution in [3.05, 3.63) is 62.3 Å². The fourth-order valence-electron chi connectivity index (χ4n) is 1.33. The lowest BCUT2D eigenvalue weighted by Crippen LogP contribution is -2.04. The van der Waals surface area contributed by atoms with Crippen LogP contribution in [0.15, 0.2) is 41.0 Å². The van der Waals surface area contributed by atoms with Gasteiger partial charge in [0.2, 0.25) is 5.78 Å². The van der Waals surface area contributed by atoms with Gasteiger partial charge in [0.15, 0.2) is 0 Å². The Kier molecular flexibility index (Phi) is 3.82. The minimum absolute atomic E-state index is 0.245. The summed E-state index contributed by atoms with van der Waals surface area (Å²) in [6.45, 7) is 0. The molecule has 5 heteroatoms. The van der Waals surface area contributed by atoms with Crippen molar-refractivity contribution in [3.63, 3.8) is 0 Å². The minimum Gasteiger partial charge on any atom is -0.287 e. The topological polar surface area (TPSA) is 30.0 Å². The first-order chi connectivity index (χ1) is 8.09. The number of halogens is 3. The highest BCUT2D eigenvalue weighted by Crippen LogP contribution is 2.27. The minimum atomic E-state index is -0.245. The van der Waals surface area contributed by atoms with E-state index >= 15 is 0 Å². The molecule has 1 aromatic carbocycles. The molecule has 2 nitrogen and oxygen atoms in total. The summed E-state index contributed by atoms with van der Waals surface area (Å²) >= 11 is 15.1. The highest BCUT2D eigenvalue weighted by molar-refractivity contribution is 9.10. The maximum atomic E-state index is 12.1. The molecule has 17 heavy (non-hydrogen) atoms. The number of carbonyl (C=O) groups is 1. The molecule has 0 saturated carbocycles. The molecule has 0 atom stereocenters. The van der Waals surface area contributed by atoms with E-state index in [0.29, 0.717) is 16.3 Å². The molecule has 1 heterocycles. The molecule has 0 bridgehead atoms. The van der Waals surface area contributed by atoms with Crippen LogP contribution in [0.1, 0.15) is 16.1 Å². The highest BCUT2D eigenvalue weighted by Gasteiger charge is 2.15. The molecule has 0 fully saturated rings. The molecular weight excluding hydrogens is 325 g/mol. The van der Waals surface area contributed by atoms with Crippen molar-refractivity contribution >= 4 is 44.9 Å². The summed E-state index contributed by atoms with van der Waals surface area (Å²) in [5.74, 6) is -0.245. The fourth-order valence-corrected chi connectivity index (χ4v) is 1.95. The Morgan fingerprint density at radius 2 is 1.94 bits per heavy atom. The molecule has 0 radical (unpaired) electrons. The lowest BCUT2D eigenvalue weighted by molar-refractivity contribution is 0.103. The second kappa shape index (κ2) is 5.17. The molecule has 0 spiro atoms. The number of carbonyl (C=O) groups excluding carboxylic acids is 1. The second-order valence-corrected chi connectivity index (χ2v) is 4.99. The van der Waals surface area contributed by atoms with Gasteiger partial charge in [0.25, 0.3) is 0 Å². The Labute approximate surface area is 117 Å². The zero-order valence-corrected chi connectivity index (χ0v) is 11.6. The third-order valence-electron chi connectivity index (χ3n) is 2.16. The van der Waals surface area contributed by atoms with Gasteiger partial charge >= 0.3 is 0 Å². The average Bonchev–Trinajstić information content (AvgIpc) is 2.33. The van der Waals surface area contributed by atoms with Gasteiger partial charge in [0, 0.05) is 16.2 Å². The number of nitrogens with zero attached hydrogens (tertiary/aromatic N) is 1. The molecule has 0 unspecified atom stereocenters. The lowest BCUT2D eigenvalue weighted by Gasteiger charge is -2.04. The smallest absolute Gasteiger partial charge is 0.212 e. The largest absolute Gasteiger partial charge is 0.287 e. The summed E-state index contributed by atoms with van der Waals surface area (Å²) in [6.07, 6.45) is 1.56. The highest BCUT2D eigenvalue weighted by atomic mass is 79.9. The van der Waals surface area contributed by atoms with Crippen molar-refractivity contribution in [2.24, 2.45) is 0 Å². The third kappa shape index (κ3) is 2.68. The first kappa shape index (κ1) is 12.6. The van der Waals surface area contributed by atoms with Crippen LogP contribution in [-0.4, -0.2) is 10.8 Å². The van der Waals surface area contributed by atoms with Crippen LogP contribution in [0.25, 0.3) is 0 Å². The zero-order valence-electron chi connectivity index (χ0n) is 8.45. The predicted molar refractivity (Wildman–Crippen MR) is 71.8 cm³/mol. The molecule has 0 saturated heterocycles. The van der Waals surface area contributed by atoms with Gasteiger partial charge in [-0.3, -0.25) is 9.78 Å². The van der Waals surface area contributed by atoms with Crippen LogP contribution in [0.2, 0.25) is 10.0 Å². The van der Waals surface area contributed by atoms with Crippen LogP contribution in [0, 0.1) is 0 Å². The normalized spacial score (nSPS) is 10.3. The number of ketones is 1. The van der Waals surface area contributed by atoms with Crippen molar-refractivity contribution in [1.82, 2.24) is 4.98 Å². The molecule has 2 rings (SSSR count). The van der Waals surface area contributed by atoms with E-state index in [1.54, 1.807) is 36.5 Å². The number of hydrogen-bond donors (Lipinski definition) is 0. The summed E-state index contributed by atoms with van der Waals surface area (Å²) < 4.78 is 0.811. The van der Waals surface area contributed by atoms with E-state index in [1.165, 1.54) is 0 Å². The molecule has 0 aliphatic carbocycles. The average molecular weight is 331 g/mol. The van der Waals surface area contributed by atoms with E-state index in [9.17, 15) is 4.79 Å². The third-order valence-corrected chi connectivity index (χ3v) is 3.44. The zero-order chi connectivity index (χ0) is 12.4. The van der Waals surface area contributed by atoms with Gasteiger partial charge in [-0.05, 0) is 40.2 Å². The van der Waals surface area contributed by atoms with Crippen LogP contribution >= 0.6 is 39.1 Å². The van der Waals surface area contributed by atoms with E-state index in [-0.39, 0.29) is 10.8 Å². The quantitative estimate of drug-likeness (QED) is 0.765. The van der Waals surface area contributed by atoms with Crippen LogP contribution < -0.4 is 0 Å². The van der Waals surface area contributed by atoms with Gasteiger partial charge in [0.05, 0.1) is 10.0 Å². The van der Waals surface area contributed by atoms with Crippen LogP contribution in [-0.2, 0) is 0 Å². The number of pyridine rings is 1. The van der Waals surface area contributed by atoms with E-state index in [2.05, 4.69) is 20.9 Å². The number of benzene rings is 1. The first-order valence-electron chi connectivity index (χ1n) is 4.70. The summed E-state index contributed by atoms with van der Waals surface area (Å²) in [6, 6.07) is 8.32. The van der Waals surface area contributed by atoms with E-state index in [0.717, 1.165) is 4.47 Å². The molecule has 0 amide bonds. The van der Waals surface area contributed by atoms with Gasteiger partial charge in [0.1, 0.15) is 5.69 Å². The van der Waals surface area contributed by atoms with Crippen molar-refractivity contribution in [1.29, 1.82) is 0 Å². The predicted octanol–water partition coefficient (Wildman–Crippen LogP) is 4.38. The van der Waals surface area contributed by atoms with Crippen LogP contribution in [0.4, 0.5) is 0 Å². The SMILES string of the molecule is O=C(c1ccc(Br)cn1)c1cccc(Cl)c1Cl. The summed E-state index contributed by atoms with van der Waals surface area (Å²) in [4.78, 5) is 16.1. The monoisotopic (exact) mass is 329 g/mol. The molecule has 1 aromatic heterocycles. The summed E-state index contributed by atoms with van der Waals surface area (Å²) in [5.41, 5.74) is 0.686. The van der Waals surface area contributed by atoms with E-state index in [4.69, 9.17) is 23.2 Å². The summed E-state index contributed by atoms with van der Waals surface area (Å²) in [7, 11) is 0. The second-order valence-electron chi connectivity index (χ2n) is 3.29. The lowest BCUT2D eigenvalue weighted by atomic mass is 10.1. The van der Waals surface area contributed by atoms with Crippen molar-refractivity contribution in [3.8, 4) is 0 Å². The number of hydrogen-bond acceptors (Lipinski definition) is 2. The molecule has 0 aliphatic rings. The Hall–Kier alpha value is -0.900. The van der Waals surface area contributed by atoms with Crippen LogP contribution in [0.5, 0.6) is 0 Å². The molecule has 86 valence electrons. The van der Waals surface area contributed by atoms with Crippen molar-refractivity contribution < 1.29 is 4.79 Å². The van der Waals surface area contributed by atoms with Gasteiger partial charge in [-0.15, -0.1) is 0 Å². The Morgan fingerprint density at radius 1 is 1.18 bits per heavy atom. The van der Waals surface area contributed by atoms with Gasteiger partial charge in [-0.2, -0.15) is 0 Å². The van der Waals surface area contributed by atoms with E-state index in [1.807, 2.05) is 0 Å². The first-order valence-corrected chi connectivity index (χ1v) is 6.25. The standard InChI is InChI=1S/C12H6BrCl2NO/c13-7-4-5-10(16-6-7)12(17)8-2-1-3-9(14)11(8)15/h1-6H.